The molecule has 0 spiro atoms. The van der Waals surface area contributed by atoms with Crippen molar-refractivity contribution >= 4 is 21.9 Å². The summed E-state index contributed by atoms with van der Waals surface area (Å²) in [5.74, 6) is 0.256. The maximum Gasteiger partial charge on any atom is 0.0290 e. The van der Waals surface area contributed by atoms with Crippen LogP contribution in [0.5, 0.6) is 0 Å². The van der Waals surface area contributed by atoms with E-state index in [0.29, 0.717) is 0 Å². The van der Waals surface area contributed by atoms with Gasteiger partial charge in [-0.3, -0.25) is 0 Å². The Labute approximate surface area is 194 Å². The van der Waals surface area contributed by atoms with Crippen molar-refractivity contribution in [1.29, 1.82) is 0 Å². The van der Waals surface area contributed by atoms with E-state index in [4.69, 9.17) is 0 Å². The molecular weight excluding hydrogens is 396 g/mol. The summed E-state index contributed by atoms with van der Waals surface area (Å²) in [5, 5.41) is 2.75. The minimum Gasteiger partial charge on any atom is -0.0622 e. The molecule has 5 aromatic rings. The van der Waals surface area contributed by atoms with Crippen LogP contribution < -0.4 is 0 Å². The monoisotopic (exact) mass is 420 g/mol. The number of fused-ring (bicyclic) bond motifs is 4. The molecule has 5 aromatic carbocycles. The van der Waals surface area contributed by atoms with Gasteiger partial charge in [0.15, 0.2) is 0 Å². The Kier molecular flexibility index (Phi) is 3.84. The van der Waals surface area contributed by atoms with Crippen LogP contribution >= 0.6 is 0 Å². The molecule has 156 valence electrons. The minimum atomic E-state index is -0.168. The summed E-state index contributed by atoms with van der Waals surface area (Å²) < 4.78 is 0. The standard InChI is InChI=1S/C33H24/c1-33(24-16-6-3-7-17-24)28-21-9-8-18-25(28)30(23-12-4-2-5-13-23)31-26-19-10-14-22-15-11-20-27(29(22)26)32(31)33/h2-21,32H,1H3. The van der Waals surface area contributed by atoms with E-state index in [-0.39, 0.29) is 11.3 Å². The fourth-order valence-electron chi connectivity index (χ4n) is 6.50. The molecule has 0 N–H and O–H groups in total. The van der Waals surface area contributed by atoms with Gasteiger partial charge < -0.3 is 0 Å². The number of rotatable bonds is 2. The zero-order valence-corrected chi connectivity index (χ0v) is 18.6. The van der Waals surface area contributed by atoms with Crippen LogP contribution in [0.1, 0.15) is 46.2 Å². The van der Waals surface area contributed by atoms with Gasteiger partial charge >= 0.3 is 0 Å². The number of benzene rings is 5. The lowest BCUT2D eigenvalue weighted by atomic mass is 9.58. The van der Waals surface area contributed by atoms with E-state index >= 15 is 0 Å². The maximum atomic E-state index is 2.46. The van der Waals surface area contributed by atoms with Crippen LogP contribution in [0.4, 0.5) is 0 Å². The summed E-state index contributed by atoms with van der Waals surface area (Å²) >= 11 is 0. The predicted molar refractivity (Wildman–Crippen MR) is 138 cm³/mol. The van der Waals surface area contributed by atoms with Crippen LogP contribution in [-0.4, -0.2) is 0 Å². The lowest BCUT2D eigenvalue weighted by Gasteiger charge is -2.44. The molecule has 0 saturated carbocycles. The number of hydrogen-bond acceptors (Lipinski definition) is 0. The Morgan fingerprint density at radius 3 is 2.00 bits per heavy atom. The van der Waals surface area contributed by atoms with E-state index in [1.54, 1.807) is 0 Å². The van der Waals surface area contributed by atoms with Crippen LogP contribution in [0.15, 0.2) is 121 Å². The lowest BCUT2D eigenvalue weighted by Crippen LogP contribution is -2.35. The van der Waals surface area contributed by atoms with Gasteiger partial charge in [0.25, 0.3) is 0 Å². The van der Waals surface area contributed by atoms with Crippen LogP contribution in [0.2, 0.25) is 0 Å². The second-order valence-electron chi connectivity index (χ2n) is 9.45. The molecule has 0 nitrogen and oxygen atoms in total. The molecule has 0 aromatic heterocycles. The third-order valence-electron chi connectivity index (χ3n) is 7.87. The van der Waals surface area contributed by atoms with Crippen LogP contribution in [0.3, 0.4) is 0 Å². The zero-order valence-electron chi connectivity index (χ0n) is 18.6. The summed E-state index contributed by atoms with van der Waals surface area (Å²) in [7, 11) is 0. The molecule has 2 aliphatic rings. The first kappa shape index (κ1) is 18.7. The second kappa shape index (κ2) is 6.80. The highest BCUT2D eigenvalue weighted by atomic mass is 14.5. The smallest absolute Gasteiger partial charge is 0.0290 e. The van der Waals surface area contributed by atoms with E-state index in [1.807, 2.05) is 0 Å². The average Bonchev–Trinajstić information content (AvgIpc) is 3.22. The van der Waals surface area contributed by atoms with Crippen molar-refractivity contribution in [2.45, 2.75) is 18.3 Å². The molecule has 0 fully saturated rings. The van der Waals surface area contributed by atoms with E-state index in [0.717, 1.165) is 0 Å². The number of hydrogen-bond donors (Lipinski definition) is 0. The fourth-order valence-corrected chi connectivity index (χ4v) is 6.50. The largest absolute Gasteiger partial charge is 0.0622 e. The molecule has 0 amide bonds. The predicted octanol–water partition coefficient (Wildman–Crippen LogP) is 8.22. The normalized spacial score (nSPS) is 20.6. The molecular formula is C33H24. The Morgan fingerprint density at radius 1 is 0.576 bits per heavy atom. The van der Waals surface area contributed by atoms with Gasteiger partial charge in [-0.05, 0) is 55.3 Å². The quantitative estimate of drug-likeness (QED) is 0.270. The van der Waals surface area contributed by atoms with E-state index in [2.05, 4.69) is 128 Å². The van der Waals surface area contributed by atoms with Crippen molar-refractivity contribution in [3.63, 3.8) is 0 Å². The fraction of sp³-hybridized carbons (Fsp3) is 0.0909. The second-order valence-corrected chi connectivity index (χ2v) is 9.45. The van der Waals surface area contributed by atoms with Gasteiger partial charge in [0, 0.05) is 11.3 Å². The van der Waals surface area contributed by atoms with Gasteiger partial charge in [-0.2, -0.15) is 0 Å². The van der Waals surface area contributed by atoms with Crippen LogP contribution in [-0.2, 0) is 5.41 Å². The molecule has 0 radical (unpaired) electrons. The van der Waals surface area contributed by atoms with E-state index in [9.17, 15) is 0 Å². The molecule has 2 atom stereocenters. The summed E-state index contributed by atoms with van der Waals surface area (Å²) in [6, 6.07) is 44.8. The van der Waals surface area contributed by atoms with Crippen molar-refractivity contribution in [2.75, 3.05) is 0 Å². The van der Waals surface area contributed by atoms with Crippen molar-refractivity contribution in [3.05, 3.63) is 155 Å². The van der Waals surface area contributed by atoms with Crippen molar-refractivity contribution in [3.8, 4) is 0 Å². The molecule has 2 aliphatic carbocycles. The Morgan fingerprint density at radius 2 is 1.21 bits per heavy atom. The molecule has 0 heteroatoms. The summed E-state index contributed by atoms with van der Waals surface area (Å²) in [6.07, 6.45) is 0. The summed E-state index contributed by atoms with van der Waals surface area (Å²) in [6.45, 7) is 2.46. The zero-order chi connectivity index (χ0) is 22.0. The molecule has 0 saturated heterocycles. The highest BCUT2D eigenvalue weighted by molar-refractivity contribution is 6.14. The molecule has 0 aliphatic heterocycles. The first-order valence-corrected chi connectivity index (χ1v) is 11.8. The molecule has 7 rings (SSSR count). The van der Waals surface area contributed by atoms with Gasteiger partial charge in [0.2, 0.25) is 0 Å². The Bertz CT molecular complexity index is 1550. The van der Waals surface area contributed by atoms with Crippen LogP contribution in [0, 0.1) is 0 Å². The third-order valence-corrected chi connectivity index (χ3v) is 7.87. The minimum absolute atomic E-state index is 0.168. The topological polar surface area (TPSA) is 0 Å². The van der Waals surface area contributed by atoms with Crippen molar-refractivity contribution in [2.24, 2.45) is 0 Å². The highest BCUT2D eigenvalue weighted by Gasteiger charge is 2.50. The molecule has 2 unspecified atom stereocenters. The van der Waals surface area contributed by atoms with Gasteiger partial charge in [0.05, 0.1) is 0 Å². The lowest BCUT2D eigenvalue weighted by molar-refractivity contribution is 0.520. The number of allylic oxidation sites excluding steroid dienone is 1. The van der Waals surface area contributed by atoms with E-state index in [1.165, 1.54) is 55.3 Å². The van der Waals surface area contributed by atoms with E-state index < -0.39 is 0 Å². The first-order valence-electron chi connectivity index (χ1n) is 11.8. The average molecular weight is 421 g/mol. The van der Waals surface area contributed by atoms with Gasteiger partial charge in [-0.25, -0.2) is 0 Å². The highest BCUT2D eigenvalue weighted by Crippen LogP contribution is 2.63. The van der Waals surface area contributed by atoms with Crippen molar-refractivity contribution < 1.29 is 0 Å². The summed E-state index contributed by atoms with van der Waals surface area (Å²) in [5.41, 5.74) is 11.0. The Balaban J connectivity index is 1.69. The SMILES string of the molecule is CC1(c2ccccc2)c2ccccc2C(c2ccccc2)=C2c3cccc4cccc(c34)C21. The van der Waals surface area contributed by atoms with Gasteiger partial charge in [-0.15, -0.1) is 0 Å². The van der Waals surface area contributed by atoms with Crippen molar-refractivity contribution in [1.82, 2.24) is 0 Å². The maximum absolute atomic E-state index is 2.46. The third kappa shape index (κ3) is 2.41. The van der Waals surface area contributed by atoms with Gasteiger partial charge in [0.1, 0.15) is 0 Å². The van der Waals surface area contributed by atoms with Gasteiger partial charge in [-0.1, -0.05) is 128 Å². The Hall–Kier alpha value is -3.90. The molecule has 33 heavy (non-hydrogen) atoms. The molecule has 0 bridgehead atoms. The van der Waals surface area contributed by atoms with Crippen LogP contribution in [0.25, 0.3) is 21.9 Å². The first-order chi connectivity index (χ1) is 16.3. The molecule has 0 heterocycles. The summed E-state index contributed by atoms with van der Waals surface area (Å²) in [4.78, 5) is 0.